The number of hydrogen-bond acceptors (Lipinski definition) is 3. The van der Waals surface area contributed by atoms with Gasteiger partial charge in [-0.1, -0.05) is 25.1 Å². The predicted molar refractivity (Wildman–Crippen MR) is 81.5 cm³/mol. The van der Waals surface area contributed by atoms with Crippen molar-refractivity contribution in [3.8, 4) is 11.5 Å². The zero-order valence-corrected chi connectivity index (χ0v) is 12.5. The second kappa shape index (κ2) is 7.09. The lowest BCUT2D eigenvalue weighted by molar-refractivity contribution is 0.409. The van der Waals surface area contributed by atoms with Crippen molar-refractivity contribution in [2.45, 2.75) is 13.0 Å². The van der Waals surface area contributed by atoms with Crippen molar-refractivity contribution < 1.29 is 13.9 Å². The van der Waals surface area contributed by atoms with Gasteiger partial charge >= 0.3 is 0 Å². The van der Waals surface area contributed by atoms with Crippen LogP contribution in [0.2, 0.25) is 0 Å². The normalized spacial score (nSPS) is 12.0. The molecule has 0 bridgehead atoms. The highest BCUT2D eigenvalue weighted by molar-refractivity contribution is 5.39. The number of nitrogens with one attached hydrogen (secondary N) is 1. The molecule has 0 aliphatic heterocycles. The molecule has 0 saturated carbocycles. The molecule has 1 unspecified atom stereocenters. The third kappa shape index (κ3) is 3.52. The summed E-state index contributed by atoms with van der Waals surface area (Å²) in [5.41, 5.74) is 1.55. The summed E-state index contributed by atoms with van der Waals surface area (Å²) in [7, 11) is 3.15. The summed E-state index contributed by atoms with van der Waals surface area (Å²) < 4.78 is 24.6. The molecule has 0 saturated heterocycles. The molecule has 112 valence electrons. The monoisotopic (exact) mass is 289 g/mol. The number of ether oxygens (including phenoxy) is 2. The van der Waals surface area contributed by atoms with E-state index >= 15 is 0 Å². The van der Waals surface area contributed by atoms with E-state index in [1.807, 2.05) is 31.2 Å². The van der Waals surface area contributed by atoms with Crippen LogP contribution in [0.1, 0.15) is 24.1 Å². The third-order valence-electron chi connectivity index (χ3n) is 3.35. The van der Waals surface area contributed by atoms with Crippen LogP contribution in [0.25, 0.3) is 0 Å². The average Bonchev–Trinajstić information content (AvgIpc) is 2.53. The minimum Gasteiger partial charge on any atom is -0.497 e. The molecule has 4 heteroatoms. The molecule has 0 fully saturated rings. The van der Waals surface area contributed by atoms with E-state index in [2.05, 4.69) is 5.32 Å². The van der Waals surface area contributed by atoms with E-state index in [1.54, 1.807) is 19.2 Å². The summed E-state index contributed by atoms with van der Waals surface area (Å²) in [6.45, 7) is 2.72. The molecule has 0 amide bonds. The Bertz CT molecular complexity index is 601. The maximum absolute atomic E-state index is 14.3. The highest BCUT2D eigenvalue weighted by Crippen LogP contribution is 2.28. The van der Waals surface area contributed by atoms with E-state index in [4.69, 9.17) is 9.47 Å². The Balaban J connectivity index is 2.42. The molecule has 0 spiro atoms. The average molecular weight is 289 g/mol. The molecule has 0 aliphatic rings. The lowest BCUT2D eigenvalue weighted by Gasteiger charge is -2.20. The molecular weight excluding hydrogens is 269 g/mol. The van der Waals surface area contributed by atoms with E-state index in [9.17, 15) is 4.39 Å². The van der Waals surface area contributed by atoms with Crippen molar-refractivity contribution in [1.82, 2.24) is 5.32 Å². The zero-order valence-electron chi connectivity index (χ0n) is 12.5. The van der Waals surface area contributed by atoms with Gasteiger partial charge in [-0.15, -0.1) is 0 Å². The molecule has 0 heterocycles. The first-order valence-electron chi connectivity index (χ1n) is 6.90. The Hall–Kier alpha value is -2.07. The molecule has 0 aromatic heterocycles. The Morgan fingerprint density at radius 3 is 2.38 bits per heavy atom. The lowest BCUT2D eigenvalue weighted by Crippen LogP contribution is -2.23. The SMILES string of the molecule is CCNC(c1cccc(OC)c1)c1ccc(OC)cc1F. The van der Waals surface area contributed by atoms with E-state index in [-0.39, 0.29) is 11.9 Å². The van der Waals surface area contributed by atoms with Crippen LogP contribution < -0.4 is 14.8 Å². The van der Waals surface area contributed by atoms with Gasteiger partial charge in [0.05, 0.1) is 20.3 Å². The first-order valence-corrected chi connectivity index (χ1v) is 6.90. The maximum Gasteiger partial charge on any atom is 0.132 e. The summed E-state index contributed by atoms with van der Waals surface area (Å²) in [4.78, 5) is 0. The minimum absolute atomic E-state index is 0.226. The zero-order chi connectivity index (χ0) is 15.2. The van der Waals surface area contributed by atoms with Gasteiger partial charge in [0.1, 0.15) is 17.3 Å². The van der Waals surface area contributed by atoms with Crippen LogP contribution >= 0.6 is 0 Å². The Morgan fingerprint density at radius 1 is 1.05 bits per heavy atom. The molecule has 1 atom stereocenters. The molecule has 2 rings (SSSR count). The first-order chi connectivity index (χ1) is 10.2. The van der Waals surface area contributed by atoms with Crippen LogP contribution in [0.5, 0.6) is 11.5 Å². The van der Waals surface area contributed by atoms with Gasteiger partial charge in [0, 0.05) is 11.6 Å². The summed E-state index contributed by atoms with van der Waals surface area (Å²) in [6, 6.07) is 12.3. The number of methoxy groups -OCH3 is 2. The number of benzene rings is 2. The quantitative estimate of drug-likeness (QED) is 0.882. The Morgan fingerprint density at radius 2 is 1.76 bits per heavy atom. The van der Waals surface area contributed by atoms with E-state index < -0.39 is 0 Å². The van der Waals surface area contributed by atoms with Gasteiger partial charge in [0.2, 0.25) is 0 Å². The van der Waals surface area contributed by atoms with Crippen molar-refractivity contribution in [2.24, 2.45) is 0 Å². The largest absolute Gasteiger partial charge is 0.497 e. The molecule has 2 aromatic carbocycles. The van der Waals surface area contributed by atoms with Crippen LogP contribution in [-0.2, 0) is 0 Å². The van der Waals surface area contributed by atoms with Crippen molar-refractivity contribution in [3.63, 3.8) is 0 Å². The topological polar surface area (TPSA) is 30.5 Å². The Labute approximate surface area is 124 Å². The van der Waals surface area contributed by atoms with Gasteiger partial charge in [0.15, 0.2) is 0 Å². The number of halogens is 1. The van der Waals surface area contributed by atoms with E-state index in [0.717, 1.165) is 17.9 Å². The van der Waals surface area contributed by atoms with Gasteiger partial charge in [-0.25, -0.2) is 4.39 Å². The third-order valence-corrected chi connectivity index (χ3v) is 3.35. The number of rotatable bonds is 6. The van der Waals surface area contributed by atoms with Gasteiger partial charge in [-0.2, -0.15) is 0 Å². The van der Waals surface area contributed by atoms with Crippen LogP contribution in [0, 0.1) is 5.82 Å². The van der Waals surface area contributed by atoms with Crippen molar-refractivity contribution in [2.75, 3.05) is 20.8 Å². The van der Waals surface area contributed by atoms with Crippen LogP contribution in [0.3, 0.4) is 0 Å². The maximum atomic E-state index is 14.3. The fraction of sp³-hybridized carbons (Fsp3) is 0.294. The molecule has 0 aliphatic carbocycles. The van der Waals surface area contributed by atoms with Crippen molar-refractivity contribution in [1.29, 1.82) is 0 Å². The van der Waals surface area contributed by atoms with Gasteiger partial charge < -0.3 is 14.8 Å². The first kappa shape index (κ1) is 15.3. The van der Waals surface area contributed by atoms with Crippen molar-refractivity contribution in [3.05, 3.63) is 59.4 Å². The van der Waals surface area contributed by atoms with Crippen molar-refractivity contribution >= 4 is 0 Å². The second-order valence-electron chi connectivity index (χ2n) is 4.65. The van der Waals surface area contributed by atoms with Crippen LogP contribution in [0.15, 0.2) is 42.5 Å². The fourth-order valence-corrected chi connectivity index (χ4v) is 2.30. The van der Waals surface area contributed by atoms with E-state index in [1.165, 1.54) is 13.2 Å². The molecule has 21 heavy (non-hydrogen) atoms. The van der Waals surface area contributed by atoms with Gasteiger partial charge in [-0.05, 0) is 30.3 Å². The minimum atomic E-state index is -0.289. The highest BCUT2D eigenvalue weighted by atomic mass is 19.1. The van der Waals surface area contributed by atoms with Gasteiger partial charge in [-0.3, -0.25) is 0 Å². The number of hydrogen-bond donors (Lipinski definition) is 1. The summed E-state index contributed by atoms with van der Waals surface area (Å²) >= 11 is 0. The van der Waals surface area contributed by atoms with Gasteiger partial charge in [0.25, 0.3) is 0 Å². The summed E-state index contributed by atoms with van der Waals surface area (Å²) in [5.74, 6) is 0.976. The molecule has 1 N–H and O–H groups in total. The standard InChI is InChI=1S/C17H20FNO2/c1-4-19-17(12-6-5-7-13(10-12)20-2)15-9-8-14(21-3)11-16(15)18/h5-11,17,19H,4H2,1-3H3. The van der Waals surface area contributed by atoms with E-state index in [0.29, 0.717) is 11.3 Å². The van der Waals surface area contributed by atoms with Crippen LogP contribution in [0.4, 0.5) is 4.39 Å². The second-order valence-corrected chi connectivity index (χ2v) is 4.65. The predicted octanol–water partition coefficient (Wildman–Crippen LogP) is 3.54. The molecule has 3 nitrogen and oxygen atoms in total. The summed E-state index contributed by atoms with van der Waals surface area (Å²) in [5, 5.41) is 3.31. The molecular formula is C17H20FNO2. The Kier molecular flexibility index (Phi) is 5.17. The highest BCUT2D eigenvalue weighted by Gasteiger charge is 2.18. The molecule has 0 radical (unpaired) electrons. The lowest BCUT2D eigenvalue weighted by atomic mass is 9.97. The smallest absolute Gasteiger partial charge is 0.132 e. The van der Waals surface area contributed by atoms with Crippen LogP contribution in [-0.4, -0.2) is 20.8 Å². The molecule has 2 aromatic rings. The summed E-state index contributed by atoms with van der Waals surface area (Å²) in [6.07, 6.45) is 0. The fourth-order valence-electron chi connectivity index (χ4n) is 2.30.